The molecular weight excluding hydrogens is 148 g/mol. The van der Waals surface area contributed by atoms with Crippen LogP contribution >= 0.6 is 0 Å². The lowest BCUT2D eigenvalue weighted by Crippen LogP contribution is -2.47. The summed E-state index contributed by atoms with van der Waals surface area (Å²) in [6, 6.07) is 0. The molecular formula is C6H8N2O3. The second kappa shape index (κ2) is 2.61. The van der Waals surface area contributed by atoms with Gasteiger partial charge in [0.15, 0.2) is 0 Å². The number of hydrogen-bond donors (Lipinski definition) is 3. The van der Waals surface area contributed by atoms with Crippen molar-refractivity contribution in [3.8, 4) is 0 Å². The van der Waals surface area contributed by atoms with Gasteiger partial charge in [0.05, 0.1) is 6.67 Å². The van der Waals surface area contributed by atoms with Crippen molar-refractivity contribution in [2.24, 2.45) is 0 Å². The molecule has 0 atom stereocenters. The van der Waals surface area contributed by atoms with E-state index in [1.54, 1.807) is 0 Å². The molecule has 1 aliphatic heterocycles. The van der Waals surface area contributed by atoms with Gasteiger partial charge >= 0.3 is 0 Å². The van der Waals surface area contributed by atoms with E-state index in [2.05, 4.69) is 10.6 Å². The summed E-state index contributed by atoms with van der Waals surface area (Å²) in [5.41, 5.74) is -0.212. The molecule has 1 aliphatic rings. The minimum absolute atomic E-state index is 0.119. The van der Waals surface area contributed by atoms with Crippen LogP contribution in [0.15, 0.2) is 11.3 Å². The predicted molar refractivity (Wildman–Crippen MR) is 36.5 cm³/mol. The van der Waals surface area contributed by atoms with Gasteiger partial charge < -0.3 is 15.7 Å². The number of aliphatic hydroxyl groups is 1. The maximum absolute atomic E-state index is 10.9. The quantitative estimate of drug-likeness (QED) is 0.239. The SMILES string of the molecule is CC(O)=C1C(=O)NCNC1=O. The zero-order chi connectivity index (χ0) is 8.43. The highest BCUT2D eigenvalue weighted by molar-refractivity contribution is 6.20. The van der Waals surface area contributed by atoms with E-state index < -0.39 is 11.8 Å². The lowest BCUT2D eigenvalue weighted by Gasteiger charge is -2.15. The monoisotopic (exact) mass is 156 g/mol. The van der Waals surface area contributed by atoms with Crippen molar-refractivity contribution in [3.63, 3.8) is 0 Å². The number of hydrogen-bond acceptors (Lipinski definition) is 3. The predicted octanol–water partition coefficient (Wildman–Crippen LogP) is -0.978. The Morgan fingerprint density at radius 2 is 1.82 bits per heavy atom. The van der Waals surface area contributed by atoms with E-state index in [1.807, 2.05) is 0 Å². The first-order chi connectivity index (χ1) is 5.13. The maximum atomic E-state index is 10.9. The number of nitrogens with one attached hydrogen (secondary N) is 2. The van der Waals surface area contributed by atoms with Crippen molar-refractivity contribution in [3.05, 3.63) is 11.3 Å². The molecule has 0 saturated carbocycles. The minimum atomic E-state index is -0.534. The normalized spacial score (nSPS) is 17.4. The fourth-order valence-electron chi connectivity index (χ4n) is 0.813. The van der Waals surface area contributed by atoms with Gasteiger partial charge in [0, 0.05) is 0 Å². The fraction of sp³-hybridized carbons (Fsp3) is 0.333. The van der Waals surface area contributed by atoms with Crippen molar-refractivity contribution in [1.29, 1.82) is 0 Å². The Kier molecular flexibility index (Phi) is 1.80. The summed E-state index contributed by atoms with van der Waals surface area (Å²) in [6.45, 7) is 1.41. The summed E-state index contributed by atoms with van der Waals surface area (Å²) in [6.07, 6.45) is 0. The van der Waals surface area contributed by atoms with Gasteiger partial charge in [0.1, 0.15) is 11.3 Å². The molecule has 0 aliphatic carbocycles. The minimum Gasteiger partial charge on any atom is -0.512 e. The second-order valence-corrected chi connectivity index (χ2v) is 2.15. The summed E-state index contributed by atoms with van der Waals surface area (Å²) in [4.78, 5) is 21.7. The van der Waals surface area contributed by atoms with E-state index >= 15 is 0 Å². The molecule has 0 radical (unpaired) electrons. The van der Waals surface area contributed by atoms with E-state index in [0.29, 0.717) is 0 Å². The lowest BCUT2D eigenvalue weighted by molar-refractivity contribution is -0.126. The summed E-state index contributed by atoms with van der Waals surface area (Å²) < 4.78 is 0. The van der Waals surface area contributed by atoms with Crippen LogP contribution in [-0.4, -0.2) is 23.6 Å². The second-order valence-electron chi connectivity index (χ2n) is 2.15. The van der Waals surface area contributed by atoms with Crippen LogP contribution in [0.25, 0.3) is 0 Å². The van der Waals surface area contributed by atoms with Gasteiger partial charge in [-0.1, -0.05) is 0 Å². The van der Waals surface area contributed by atoms with Crippen LogP contribution in [0.3, 0.4) is 0 Å². The van der Waals surface area contributed by atoms with Crippen LogP contribution in [0, 0.1) is 0 Å². The molecule has 5 nitrogen and oxygen atoms in total. The molecule has 0 spiro atoms. The molecule has 0 aromatic heterocycles. The number of amides is 2. The number of carbonyl (C=O) groups is 2. The van der Waals surface area contributed by atoms with Crippen molar-refractivity contribution < 1.29 is 14.7 Å². The van der Waals surface area contributed by atoms with Crippen molar-refractivity contribution in [2.75, 3.05) is 6.67 Å². The Balaban J connectivity index is 2.98. The summed E-state index contributed by atoms with van der Waals surface area (Å²) >= 11 is 0. The third-order valence-corrected chi connectivity index (χ3v) is 1.31. The van der Waals surface area contributed by atoms with Crippen LogP contribution in [0.4, 0.5) is 0 Å². The van der Waals surface area contributed by atoms with Gasteiger partial charge in [-0.25, -0.2) is 0 Å². The standard InChI is InChI=1S/C6H8N2O3/c1-3(9)4-5(10)7-2-8-6(4)11/h9H,2H2,1H3,(H,7,10)(H,8,11). The zero-order valence-electron chi connectivity index (χ0n) is 5.97. The summed E-state index contributed by atoms with van der Waals surface area (Å²) in [5, 5.41) is 13.6. The highest BCUT2D eigenvalue weighted by Gasteiger charge is 2.24. The summed E-state index contributed by atoms with van der Waals surface area (Å²) in [5.74, 6) is -1.33. The Bertz CT molecular complexity index is 222. The van der Waals surface area contributed by atoms with Gasteiger partial charge in [0.2, 0.25) is 0 Å². The zero-order valence-corrected chi connectivity index (χ0v) is 5.97. The molecule has 11 heavy (non-hydrogen) atoms. The van der Waals surface area contributed by atoms with E-state index in [1.165, 1.54) is 6.92 Å². The van der Waals surface area contributed by atoms with Gasteiger partial charge in [0.25, 0.3) is 11.8 Å². The highest BCUT2D eigenvalue weighted by atomic mass is 16.3. The molecule has 0 bridgehead atoms. The Morgan fingerprint density at radius 1 is 1.36 bits per heavy atom. The Morgan fingerprint density at radius 3 is 2.09 bits per heavy atom. The van der Waals surface area contributed by atoms with Gasteiger partial charge in [-0.15, -0.1) is 0 Å². The topological polar surface area (TPSA) is 78.4 Å². The molecule has 0 aromatic carbocycles. The average molecular weight is 156 g/mol. The van der Waals surface area contributed by atoms with Crippen molar-refractivity contribution in [1.82, 2.24) is 10.6 Å². The van der Waals surface area contributed by atoms with Crippen molar-refractivity contribution in [2.45, 2.75) is 6.92 Å². The maximum Gasteiger partial charge on any atom is 0.261 e. The summed E-state index contributed by atoms with van der Waals surface area (Å²) in [7, 11) is 0. The third-order valence-electron chi connectivity index (χ3n) is 1.31. The van der Waals surface area contributed by atoms with E-state index in [0.717, 1.165) is 0 Å². The lowest BCUT2D eigenvalue weighted by atomic mass is 10.2. The molecule has 60 valence electrons. The average Bonchev–Trinajstić information content (AvgIpc) is 1.85. The number of carbonyl (C=O) groups excluding carboxylic acids is 2. The third kappa shape index (κ3) is 1.31. The van der Waals surface area contributed by atoms with Crippen molar-refractivity contribution >= 4 is 11.8 Å². The number of allylic oxidation sites excluding steroid dienone is 1. The van der Waals surface area contributed by atoms with Gasteiger partial charge in [-0.05, 0) is 6.92 Å². The Hall–Kier alpha value is -1.52. The van der Waals surface area contributed by atoms with Crippen LogP contribution < -0.4 is 10.6 Å². The van der Waals surface area contributed by atoms with Gasteiger partial charge in [-0.3, -0.25) is 9.59 Å². The largest absolute Gasteiger partial charge is 0.512 e. The Labute approximate surface area is 63.1 Å². The van der Waals surface area contributed by atoms with Crippen LogP contribution in [0.5, 0.6) is 0 Å². The molecule has 1 rings (SSSR count). The molecule has 1 saturated heterocycles. The number of aliphatic hydroxyl groups excluding tert-OH is 1. The van der Waals surface area contributed by atoms with E-state index in [-0.39, 0.29) is 18.0 Å². The molecule has 0 aromatic rings. The van der Waals surface area contributed by atoms with Gasteiger partial charge in [-0.2, -0.15) is 0 Å². The van der Waals surface area contributed by atoms with E-state index in [9.17, 15) is 9.59 Å². The first-order valence-electron chi connectivity index (χ1n) is 3.09. The fourth-order valence-corrected chi connectivity index (χ4v) is 0.813. The van der Waals surface area contributed by atoms with Crippen LogP contribution in [0.1, 0.15) is 6.92 Å². The van der Waals surface area contributed by atoms with E-state index in [4.69, 9.17) is 5.11 Å². The first kappa shape index (κ1) is 7.59. The smallest absolute Gasteiger partial charge is 0.261 e. The molecule has 2 amide bonds. The number of rotatable bonds is 0. The highest BCUT2D eigenvalue weighted by Crippen LogP contribution is 2.03. The molecule has 5 heteroatoms. The first-order valence-corrected chi connectivity index (χ1v) is 3.09. The molecule has 3 N–H and O–H groups in total. The molecule has 0 unspecified atom stereocenters. The molecule has 1 fully saturated rings. The molecule has 1 heterocycles. The van der Waals surface area contributed by atoms with Crippen LogP contribution in [-0.2, 0) is 9.59 Å². The van der Waals surface area contributed by atoms with Crippen LogP contribution in [0.2, 0.25) is 0 Å².